The molecule has 1 aromatic carbocycles. The number of hydrogen-bond donors (Lipinski definition) is 1. The fourth-order valence-electron chi connectivity index (χ4n) is 2.02. The molecule has 1 aromatic heterocycles. The Labute approximate surface area is 123 Å². The van der Waals surface area contributed by atoms with Gasteiger partial charge in [0.25, 0.3) is 0 Å². The minimum atomic E-state index is 0.403. The summed E-state index contributed by atoms with van der Waals surface area (Å²) in [5, 5.41) is 16.3. The van der Waals surface area contributed by atoms with Crippen LogP contribution in [0.4, 0.5) is 0 Å². The van der Waals surface area contributed by atoms with Gasteiger partial charge in [0, 0.05) is 12.6 Å². The molecule has 0 aliphatic rings. The second-order valence-electron chi connectivity index (χ2n) is 4.74. The summed E-state index contributed by atoms with van der Waals surface area (Å²) in [5.41, 5.74) is 3.22. The largest absolute Gasteiger partial charge is 0.493 e. The lowest BCUT2D eigenvalue weighted by atomic mass is 10.1. The second kappa shape index (κ2) is 6.30. The number of hydrogen-bond acceptors (Lipinski definition) is 5. The molecule has 6 nitrogen and oxygen atoms in total. The summed E-state index contributed by atoms with van der Waals surface area (Å²) in [5.74, 6) is 1.22. The first-order valence-corrected chi connectivity index (χ1v) is 6.54. The average molecular weight is 289 g/mol. The highest BCUT2D eigenvalue weighted by Crippen LogP contribution is 2.29. The molecule has 0 saturated carbocycles. The first-order valence-electron chi connectivity index (χ1n) is 6.54. The Balaban J connectivity index is 2.18. The molecule has 0 fully saturated rings. The molecule has 0 radical (unpaired) electrons. The molecular formula is C15H19N3O3. The van der Waals surface area contributed by atoms with Crippen LogP contribution in [0.5, 0.6) is 11.5 Å². The van der Waals surface area contributed by atoms with E-state index in [4.69, 9.17) is 14.7 Å². The smallest absolute Gasteiger partial charge is 0.161 e. The maximum absolute atomic E-state index is 8.81. The highest BCUT2D eigenvalue weighted by atomic mass is 16.5. The van der Waals surface area contributed by atoms with E-state index >= 15 is 0 Å². The quantitative estimate of drug-likeness (QED) is 0.521. The van der Waals surface area contributed by atoms with Crippen molar-refractivity contribution in [2.75, 3.05) is 7.11 Å². The van der Waals surface area contributed by atoms with E-state index in [0.717, 1.165) is 17.0 Å². The van der Waals surface area contributed by atoms with Gasteiger partial charge in [-0.05, 0) is 38.1 Å². The van der Waals surface area contributed by atoms with Gasteiger partial charge in [-0.2, -0.15) is 5.10 Å². The third kappa shape index (κ3) is 3.34. The highest BCUT2D eigenvalue weighted by Gasteiger charge is 2.09. The van der Waals surface area contributed by atoms with Gasteiger partial charge >= 0.3 is 0 Å². The van der Waals surface area contributed by atoms with Gasteiger partial charge in [-0.3, -0.25) is 4.68 Å². The van der Waals surface area contributed by atoms with Crippen molar-refractivity contribution in [1.82, 2.24) is 9.78 Å². The summed E-state index contributed by atoms with van der Waals surface area (Å²) >= 11 is 0. The Morgan fingerprint density at radius 1 is 1.33 bits per heavy atom. The van der Waals surface area contributed by atoms with Crippen LogP contribution in [0.2, 0.25) is 0 Å². The van der Waals surface area contributed by atoms with Crippen LogP contribution in [0.25, 0.3) is 0 Å². The van der Waals surface area contributed by atoms with Gasteiger partial charge in [-0.15, -0.1) is 0 Å². The van der Waals surface area contributed by atoms with E-state index in [1.807, 2.05) is 26.1 Å². The van der Waals surface area contributed by atoms with E-state index in [2.05, 4.69) is 10.3 Å². The zero-order valence-corrected chi connectivity index (χ0v) is 12.6. The number of methoxy groups -OCH3 is 1. The molecule has 6 heteroatoms. The Bertz CT molecular complexity index is 662. The lowest BCUT2D eigenvalue weighted by molar-refractivity contribution is 0.275. The van der Waals surface area contributed by atoms with Gasteiger partial charge in [0.2, 0.25) is 0 Å². The van der Waals surface area contributed by atoms with Crippen molar-refractivity contribution in [2.45, 2.75) is 20.5 Å². The van der Waals surface area contributed by atoms with Crippen molar-refractivity contribution in [3.63, 3.8) is 0 Å². The van der Waals surface area contributed by atoms with Gasteiger partial charge in [-0.25, -0.2) is 0 Å². The number of aryl methyl sites for hydroxylation is 2. The summed E-state index contributed by atoms with van der Waals surface area (Å²) in [7, 11) is 3.46. The van der Waals surface area contributed by atoms with Crippen LogP contribution in [0.1, 0.15) is 23.9 Å². The molecule has 0 atom stereocenters. The zero-order chi connectivity index (χ0) is 15.4. The Kier molecular flexibility index (Phi) is 4.47. The third-order valence-corrected chi connectivity index (χ3v) is 3.21. The summed E-state index contributed by atoms with van der Waals surface area (Å²) in [6.07, 6.45) is 0. The first-order chi connectivity index (χ1) is 10.0. The van der Waals surface area contributed by atoms with E-state index < -0.39 is 0 Å². The SMILES string of the molecule is COc1cc(C(C)=NO)ccc1OCc1cc(C)nn1C. The minimum Gasteiger partial charge on any atom is -0.493 e. The molecule has 1 N–H and O–H groups in total. The zero-order valence-electron chi connectivity index (χ0n) is 12.6. The molecule has 0 aliphatic heterocycles. The molecule has 0 amide bonds. The standard InChI is InChI=1S/C15H19N3O3/c1-10-7-13(18(3)16-10)9-21-14-6-5-12(11(2)17-19)8-15(14)20-4/h5-8,19H,9H2,1-4H3. The topological polar surface area (TPSA) is 68.9 Å². The van der Waals surface area contributed by atoms with Crippen molar-refractivity contribution in [1.29, 1.82) is 0 Å². The van der Waals surface area contributed by atoms with Crippen LogP contribution in [0.3, 0.4) is 0 Å². The lowest BCUT2D eigenvalue weighted by Gasteiger charge is -2.12. The van der Waals surface area contributed by atoms with Crippen molar-refractivity contribution in [2.24, 2.45) is 12.2 Å². The number of oxime groups is 1. The molecule has 0 aliphatic carbocycles. The molecule has 1 heterocycles. The van der Waals surface area contributed by atoms with Crippen molar-refractivity contribution in [3.8, 4) is 11.5 Å². The van der Waals surface area contributed by atoms with Crippen molar-refractivity contribution in [3.05, 3.63) is 41.2 Å². The normalized spacial score (nSPS) is 11.5. The molecule has 0 spiro atoms. The molecule has 0 unspecified atom stereocenters. The van der Waals surface area contributed by atoms with E-state index in [1.165, 1.54) is 0 Å². The van der Waals surface area contributed by atoms with Crippen LogP contribution in [0.15, 0.2) is 29.4 Å². The Hall–Kier alpha value is -2.50. The fourth-order valence-corrected chi connectivity index (χ4v) is 2.02. The van der Waals surface area contributed by atoms with Crippen LogP contribution in [0, 0.1) is 6.92 Å². The number of benzene rings is 1. The molecule has 112 valence electrons. The average Bonchev–Trinajstić information content (AvgIpc) is 2.82. The number of aromatic nitrogens is 2. The van der Waals surface area contributed by atoms with Gasteiger partial charge in [0.1, 0.15) is 6.61 Å². The first kappa shape index (κ1) is 14.9. The van der Waals surface area contributed by atoms with Crippen molar-refractivity contribution >= 4 is 5.71 Å². The minimum absolute atomic E-state index is 0.403. The van der Waals surface area contributed by atoms with Gasteiger partial charge in [0.15, 0.2) is 11.5 Å². The van der Waals surface area contributed by atoms with Crippen LogP contribution in [-0.4, -0.2) is 27.8 Å². The van der Waals surface area contributed by atoms with Gasteiger partial charge < -0.3 is 14.7 Å². The second-order valence-corrected chi connectivity index (χ2v) is 4.74. The van der Waals surface area contributed by atoms with E-state index in [-0.39, 0.29) is 0 Å². The molecule has 2 rings (SSSR count). The van der Waals surface area contributed by atoms with Crippen LogP contribution < -0.4 is 9.47 Å². The molecule has 0 saturated heterocycles. The predicted octanol–water partition coefficient (Wildman–Crippen LogP) is 2.51. The monoisotopic (exact) mass is 289 g/mol. The van der Waals surface area contributed by atoms with Gasteiger partial charge in [-0.1, -0.05) is 5.16 Å². The summed E-state index contributed by atoms with van der Waals surface area (Å²) in [4.78, 5) is 0. The summed E-state index contributed by atoms with van der Waals surface area (Å²) in [6, 6.07) is 7.37. The number of rotatable bonds is 5. The third-order valence-electron chi connectivity index (χ3n) is 3.21. The van der Waals surface area contributed by atoms with Gasteiger partial charge in [0.05, 0.1) is 24.2 Å². The maximum Gasteiger partial charge on any atom is 0.161 e. The Morgan fingerprint density at radius 2 is 2.10 bits per heavy atom. The van der Waals surface area contributed by atoms with E-state index in [1.54, 1.807) is 30.8 Å². The van der Waals surface area contributed by atoms with Crippen LogP contribution in [-0.2, 0) is 13.7 Å². The van der Waals surface area contributed by atoms with E-state index in [0.29, 0.717) is 23.8 Å². The number of nitrogens with zero attached hydrogens (tertiary/aromatic N) is 3. The Morgan fingerprint density at radius 3 is 2.67 bits per heavy atom. The number of ether oxygens (including phenoxy) is 2. The molecule has 2 aromatic rings. The summed E-state index contributed by atoms with van der Waals surface area (Å²) in [6.45, 7) is 4.06. The highest BCUT2D eigenvalue weighted by molar-refractivity contribution is 5.98. The lowest BCUT2D eigenvalue weighted by Crippen LogP contribution is -2.04. The predicted molar refractivity (Wildman–Crippen MR) is 79.3 cm³/mol. The van der Waals surface area contributed by atoms with Crippen LogP contribution >= 0.6 is 0 Å². The molecule has 0 bridgehead atoms. The van der Waals surface area contributed by atoms with E-state index in [9.17, 15) is 0 Å². The maximum atomic E-state index is 8.81. The molecular weight excluding hydrogens is 270 g/mol. The van der Waals surface area contributed by atoms with Crippen molar-refractivity contribution < 1.29 is 14.7 Å². The molecule has 21 heavy (non-hydrogen) atoms. The fraction of sp³-hybridized carbons (Fsp3) is 0.333. The summed E-state index contributed by atoms with van der Waals surface area (Å²) < 4.78 is 12.9.